The fraction of sp³-hybridized carbons (Fsp3) is 0.538. The molecule has 19 heavy (non-hydrogen) atoms. The van der Waals surface area contributed by atoms with Gasteiger partial charge in [0.2, 0.25) is 0 Å². The molecular formula is C13H16F3NO2. The molecule has 1 heterocycles. The number of methoxy groups -OCH3 is 1. The van der Waals surface area contributed by atoms with E-state index in [1.807, 2.05) is 0 Å². The largest absolute Gasteiger partial charge is 0.497 e. The Bertz CT molecular complexity index is 428. The monoisotopic (exact) mass is 275 g/mol. The fourth-order valence-electron chi connectivity index (χ4n) is 2.09. The maximum absolute atomic E-state index is 13.0. The van der Waals surface area contributed by atoms with Crippen molar-refractivity contribution in [3.63, 3.8) is 0 Å². The summed E-state index contributed by atoms with van der Waals surface area (Å²) in [6.07, 6.45) is -2.75. The second-order valence-corrected chi connectivity index (χ2v) is 4.47. The molecule has 1 saturated heterocycles. The van der Waals surface area contributed by atoms with Crippen molar-refractivity contribution in [1.29, 1.82) is 0 Å². The Labute approximate surface area is 109 Å². The SMILES string of the molecule is COc1ccc(NC2CCCOC2)c(C(F)(F)F)c1. The van der Waals surface area contributed by atoms with Crippen LogP contribution < -0.4 is 10.1 Å². The van der Waals surface area contributed by atoms with Crippen molar-refractivity contribution in [2.45, 2.75) is 25.1 Å². The quantitative estimate of drug-likeness (QED) is 0.918. The maximum Gasteiger partial charge on any atom is 0.418 e. The average Bonchev–Trinajstić information content (AvgIpc) is 2.39. The first-order chi connectivity index (χ1) is 9.00. The lowest BCUT2D eigenvalue weighted by molar-refractivity contribution is -0.137. The first-order valence-electron chi connectivity index (χ1n) is 6.10. The van der Waals surface area contributed by atoms with Crippen LogP contribution >= 0.6 is 0 Å². The fourth-order valence-corrected chi connectivity index (χ4v) is 2.09. The molecule has 0 aromatic heterocycles. The molecule has 0 radical (unpaired) electrons. The van der Waals surface area contributed by atoms with E-state index in [9.17, 15) is 13.2 Å². The third-order valence-corrected chi connectivity index (χ3v) is 3.05. The number of hydrogen-bond donors (Lipinski definition) is 1. The molecular weight excluding hydrogens is 259 g/mol. The third kappa shape index (κ3) is 3.53. The van der Waals surface area contributed by atoms with Gasteiger partial charge in [0, 0.05) is 18.3 Å². The van der Waals surface area contributed by atoms with Crippen LogP contribution in [0.1, 0.15) is 18.4 Å². The average molecular weight is 275 g/mol. The highest BCUT2D eigenvalue weighted by Crippen LogP contribution is 2.37. The summed E-state index contributed by atoms with van der Waals surface area (Å²) in [6, 6.07) is 3.84. The lowest BCUT2D eigenvalue weighted by Gasteiger charge is -2.26. The van der Waals surface area contributed by atoms with Crippen molar-refractivity contribution in [3.8, 4) is 5.75 Å². The van der Waals surface area contributed by atoms with Gasteiger partial charge in [0.1, 0.15) is 5.75 Å². The van der Waals surface area contributed by atoms with Gasteiger partial charge in [-0.3, -0.25) is 0 Å². The minimum atomic E-state index is -4.41. The van der Waals surface area contributed by atoms with Gasteiger partial charge in [0.15, 0.2) is 0 Å². The number of hydrogen-bond acceptors (Lipinski definition) is 3. The Kier molecular flexibility index (Phi) is 4.19. The summed E-state index contributed by atoms with van der Waals surface area (Å²) in [6.45, 7) is 1.11. The van der Waals surface area contributed by atoms with Gasteiger partial charge in [0.25, 0.3) is 0 Å². The molecule has 1 atom stereocenters. The number of nitrogens with one attached hydrogen (secondary N) is 1. The van der Waals surface area contributed by atoms with Gasteiger partial charge in [-0.25, -0.2) is 0 Å². The third-order valence-electron chi connectivity index (χ3n) is 3.05. The van der Waals surface area contributed by atoms with Crippen LogP contribution in [-0.4, -0.2) is 26.4 Å². The van der Waals surface area contributed by atoms with Crippen molar-refractivity contribution in [2.24, 2.45) is 0 Å². The first kappa shape index (κ1) is 14.0. The van der Waals surface area contributed by atoms with Gasteiger partial charge in [-0.05, 0) is 31.0 Å². The van der Waals surface area contributed by atoms with Crippen molar-refractivity contribution in [1.82, 2.24) is 0 Å². The number of halogens is 3. The number of benzene rings is 1. The molecule has 0 saturated carbocycles. The van der Waals surface area contributed by atoms with Crippen molar-refractivity contribution >= 4 is 5.69 Å². The van der Waals surface area contributed by atoms with Crippen LogP contribution in [0.15, 0.2) is 18.2 Å². The van der Waals surface area contributed by atoms with Crippen LogP contribution in [0.4, 0.5) is 18.9 Å². The number of rotatable bonds is 3. The predicted octanol–water partition coefficient (Wildman–Crippen LogP) is 3.30. The van der Waals surface area contributed by atoms with Crippen LogP contribution in [0.25, 0.3) is 0 Å². The Morgan fingerprint density at radius 2 is 2.16 bits per heavy atom. The van der Waals surface area contributed by atoms with E-state index in [4.69, 9.17) is 9.47 Å². The van der Waals surface area contributed by atoms with Crippen LogP contribution in [0.2, 0.25) is 0 Å². The second kappa shape index (κ2) is 5.69. The smallest absolute Gasteiger partial charge is 0.418 e. The zero-order valence-corrected chi connectivity index (χ0v) is 10.6. The highest BCUT2D eigenvalue weighted by Gasteiger charge is 2.34. The molecule has 0 amide bonds. The summed E-state index contributed by atoms with van der Waals surface area (Å²) in [5, 5.41) is 2.91. The first-order valence-corrected chi connectivity index (χ1v) is 6.10. The van der Waals surface area contributed by atoms with E-state index in [0.717, 1.165) is 18.9 Å². The Morgan fingerprint density at radius 3 is 2.74 bits per heavy atom. The molecule has 1 aliphatic heterocycles. The van der Waals surface area contributed by atoms with Crippen LogP contribution in [0, 0.1) is 0 Å². The van der Waals surface area contributed by atoms with Crippen molar-refractivity contribution < 1.29 is 22.6 Å². The number of anilines is 1. The molecule has 3 nitrogen and oxygen atoms in total. The van der Waals surface area contributed by atoms with Gasteiger partial charge in [-0.1, -0.05) is 0 Å². The van der Waals surface area contributed by atoms with E-state index in [1.165, 1.54) is 19.2 Å². The molecule has 0 bridgehead atoms. The summed E-state index contributed by atoms with van der Waals surface area (Å²) < 4.78 is 49.1. The highest BCUT2D eigenvalue weighted by atomic mass is 19.4. The summed E-state index contributed by atoms with van der Waals surface area (Å²) >= 11 is 0. The molecule has 0 spiro atoms. The van der Waals surface area contributed by atoms with Gasteiger partial charge < -0.3 is 14.8 Å². The van der Waals surface area contributed by atoms with Crippen molar-refractivity contribution in [2.75, 3.05) is 25.6 Å². The van der Waals surface area contributed by atoms with E-state index in [-0.39, 0.29) is 17.5 Å². The highest BCUT2D eigenvalue weighted by molar-refractivity contribution is 5.56. The standard InChI is InChI=1S/C13H16F3NO2/c1-18-10-4-5-12(11(7-10)13(14,15)16)17-9-3-2-6-19-8-9/h4-5,7,9,17H,2-3,6,8H2,1H3. The lowest BCUT2D eigenvalue weighted by atomic mass is 10.1. The Balaban J connectivity index is 2.23. The minimum absolute atomic E-state index is 0.0730. The van der Waals surface area contributed by atoms with E-state index in [1.54, 1.807) is 0 Å². The maximum atomic E-state index is 13.0. The second-order valence-electron chi connectivity index (χ2n) is 4.47. The van der Waals surface area contributed by atoms with Crippen LogP contribution in [0.3, 0.4) is 0 Å². The molecule has 1 aromatic carbocycles. The Hall–Kier alpha value is -1.43. The molecule has 1 N–H and O–H groups in total. The predicted molar refractivity (Wildman–Crippen MR) is 65.5 cm³/mol. The summed E-state index contributed by atoms with van der Waals surface area (Å²) in [5.74, 6) is 0.192. The lowest BCUT2D eigenvalue weighted by Crippen LogP contribution is -2.30. The molecule has 0 aliphatic carbocycles. The van der Waals surface area contributed by atoms with Crippen LogP contribution in [-0.2, 0) is 10.9 Å². The summed E-state index contributed by atoms with van der Waals surface area (Å²) in [4.78, 5) is 0. The molecule has 1 aromatic rings. The molecule has 6 heteroatoms. The van der Waals surface area contributed by atoms with E-state index in [2.05, 4.69) is 5.32 Å². The zero-order valence-electron chi connectivity index (χ0n) is 10.6. The van der Waals surface area contributed by atoms with E-state index < -0.39 is 11.7 Å². The normalized spacial score (nSPS) is 20.1. The van der Waals surface area contributed by atoms with Gasteiger partial charge in [0.05, 0.1) is 19.3 Å². The van der Waals surface area contributed by atoms with Gasteiger partial charge in [-0.15, -0.1) is 0 Å². The summed E-state index contributed by atoms with van der Waals surface area (Å²) in [7, 11) is 1.34. The molecule has 1 aliphatic rings. The molecule has 2 rings (SSSR count). The molecule has 1 unspecified atom stereocenters. The zero-order chi connectivity index (χ0) is 13.9. The summed E-state index contributed by atoms with van der Waals surface area (Å²) in [5.41, 5.74) is -0.638. The van der Waals surface area contributed by atoms with Gasteiger partial charge in [-0.2, -0.15) is 13.2 Å². The Morgan fingerprint density at radius 1 is 1.37 bits per heavy atom. The van der Waals surface area contributed by atoms with Crippen molar-refractivity contribution in [3.05, 3.63) is 23.8 Å². The van der Waals surface area contributed by atoms with E-state index >= 15 is 0 Å². The van der Waals surface area contributed by atoms with Gasteiger partial charge >= 0.3 is 6.18 Å². The van der Waals surface area contributed by atoms with Crippen LogP contribution in [0.5, 0.6) is 5.75 Å². The number of ether oxygens (including phenoxy) is 2. The molecule has 1 fully saturated rings. The minimum Gasteiger partial charge on any atom is -0.497 e. The number of alkyl halides is 3. The van der Waals surface area contributed by atoms with E-state index in [0.29, 0.717) is 13.2 Å². The topological polar surface area (TPSA) is 30.5 Å². The molecule has 106 valence electrons.